The van der Waals surface area contributed by atoms with Crippen molar-refractivity contribution in [3.8, 4) is 5.75 Å². The van der Waals surface area contributed by atoms with Crippen molar-refractivity contribution in [2.24, 2.45) is 0 Å². The highest BCUT2D eigenvalue weighted by molar-refractivity contribution is 5.89. The Bertz CT molecular complexity index is 1230. The Labute approximate surface area is 149 Å². The Balaban J connectivity index is 1.84. The maximum absolute atomic E-state index is 13.3. The molecule has 4 nitrogen and oxygen atoms in total. The number of rotatable bonds is 2. The van der Waals surface area contributed by atoms with Crippen LogP contribution >= 0.6 is 0 Å². The van der Waals surface area contributed by atoms with Gasteiger partial charge in [-0.15, -0.1) is 0 Å². The lowest BCUT2D eigenvalue weighted by atomic mass is 9.99. The van der Waals surface area contributed by atoms with E-state index in [1.807, 2.05) is 19.9 Å². The minimum Gasteiger partial charge on any atom is -0.507 e. The molecule has 0 bridgehead atoms. The van der Waals surface area contributed by atoms with E-state index in [1.165, 1.54) is 12.1 Å². The van der Waals surface area contributed by atoms with Gasteiger partial charge in [0.15, 0.2) is 0 Å². The van der Waals surface area contributed by atoms with Gasteiger partial charge >= 0.3 is 0 Å². The molecule has 2 N–H and O–H groups in total. The Morgan fingerprint density at radius 1 is 1.12 bits per heavy atom. The average Bonchev–Trinajstić information content (AvgIpc) is 2.57. The molecule has 0 radical (unpaired) electrons. The summed E-state index contributed by atoms with van der Waals surface area (Å²) in [7, 11) is 0. The molecule has 0 spiro atoms. The summed E-state index contributed by atoms with van der Waals surface area (Å²) < 4.78 is 13.3. The van der Waals surface area contributed by atoms with Crippen LogP contribution in [0.25, 0.3) is 21.8 Å². The zero-order valence-electron chi connectivity index (χ0n) is 14.4. The number of aromatic amines is 1. The quantitative estimate of drug-likeness (QED) is 0.572. The molecule has 2 heterocycles. The molecule has 0 aliphatic carbocycles. The topological polar surface area (TPSA) is 66.0 Å². The number of hydrogen-bond acceptors (Lipinski definition) is 3. The molecule has 0 amide bonds. The van der Waals surface area contributed by atoms with E-state index < -0.39 is 0 Å². The molecule has 2 aromatic heterocycles. The molecule has 0 atom stereocenters. The summed E-state index contributed by atoms with van der Waals surface area (Å²) in [5, 5.41) is 11.7. The second-order valence-corrected chi connectivity index (χ2v) is 6.58. The van der Waals surface area contributed by atoms with Crippen LogP contribution < -0.4 is 5.56 Å². The number of pyridine rings is 2. The SMILES string of the molecule is Cc1cc(O)c2c(C)c(Cc3ccc4cc(F)ccc4n3)c(=O)[nH]c2c1. The molecule has 0 saturated heterocycles. The normalized spacial score (nSPS) is 11.3. The van der Waals surface area contributed by atoms with E-state index in [0.717, 1.165) is 11.1 Å². The highest BCUT2D eigenvalue weighted by Gasteiger charge is 2.14. The lowest BCUT2D eigenvalue weighted by molar-refractivity contribution is 0.481. The van der Waals surface area contributed by atoms with E-state index in [-0.39, 0.29) is 17.1 Å². The lowest BCUT2D eigenvalue weighted by Crippen LogP contribution is -2.16. The third kappa shape index (κ3) is 2.71. The van der Waals surface area contributed by atoms with Gasteiger partial charge in [0.25, 0.3) is 5.56 Å². The number of benzene rings is 2. The summed E-state index contributed by atoms with van der Waals surface area (Å²) in [6.45, 7) is 3.70. The number of fused-ring (bicyclic) bond motifs is 2. The molecule has 0 fully saturated rings. The minimum atomic E-state index is -0.306. The van der Waals surface area contributed by atoms with Gasteiger partial charge in [0, 0.05) is 28.5 Å². The van der Waals surface area contributed by atoms with Crippen LogP contribution in [0.4, 0.5) is 4.39 Å². The van der Waals surface area contributed by atoms with Crippen LogP contribution in [0.3, 0.4) is 0 Å². The van der Waals surface area contributed by atoms with Crippen molar-refractivity contribution in [2.75, 3.05) is 0 Å². The lowest BCUT2D eigenvalue weighted by Gasteiger charge is -2.11. The van der Waals surface area contributed by atoms with E-state index in [0.29, 0.717) is 39.5 Å². The maximum atomic E-state index is 13.3. The van der Waals surface area contributed by atoms with Gasteiger partial charge in [-0.25, -0.2) is 4.39 Å². The monoisotopic (exact) mass is 348 g/mol. The van der Waals surface area contributed by atoms with Gasteiger partial charge in [0.1, 0.15) is 11.6 Å². The van der Waals surface area contributed by atoms with E-state index in [9.17, 15) is 14.3 Å². The number of hydrogen-bond donors (Lipinski definition) is 2. The number of aromatic nitrogens is 2. The largest absolute Gasteiger partial charge is 0.507 e. The minimum absolute atomic E-state index is 0.150. The third-order valence-electron chi connectivity index (χ3n) is 4.68. The highest BCUT2D eigenvalue weighted by Crippen LogP contribution is 2.29. The van der Waals surface area contributed by atoms with E-state index >= 15 is 0 Å². The molecule has 0 aliphatic heterocycles. The van der Waals surface area contributed by atoms with Gasteiger partial charge in [-0.2, -0.15) is 0 Å². The van der Waals surface area contributed by atoms with E-state index in [1.54, 1.807) is 24.3 Å². The van der Waals surface area contributed by atoms with Crippen LogP contribution in [0.15, 0.2) is 47.3 Å². The number of phenolic OH excluding ortho intramolecular Hbond substituents is 1. The van der Waals surface area contributed by atoms with Crippen LogP contribution in [0.2, 0.25) is 0 Å². The number of phenols is 1. The summed E-state index contributed by atoms with van der Waals surface area (Å²) in [4.78, 5) is 20.0. The summed E-state index contributed by atoms with van der Waals surface area (Å²) in [6.07, 6.45) is 0.331. The molecule has 0 aliphatic rings. The maximum Gasteiger partial charge on any atom is 0.252 e. The van der Waals surface area contributed by atoms with Crippen molar-refractivity contribution in [2.45, 2.75) is 20.3 Å². The Morgan fingerprint density at radius 2 is 1.92 bits per heavy atom. The molecule has 4 rings (SSSR count). The van der Waals surface area contributed by atoms with Crippen LogP contribution in [0.1, 0.15) is 22.4 Å². The molecule has 130 valence electrons. The molecular weight excluding hydrogens is 331 g/mol. The van der Waals surface area contributed by atoms with Gasteiger partial charge < -0.3 is 10.1 Å². The number of halogens is 1. The third-order valence-corrected chi connectivity index (χ3v) is 4.68. The summed E-state index contributed by atoms with van der Waals surface area (Å²) in [5.74, 6) is -0.156. The van der Waals surface area contributed by atoms with Crippen molar-refractivity contribution in [1.82, 2.24) is 9.97 Å². The van der Waals surface area contributed by atoms with Crippen LogP contribution in [0, 0.1) is 19.7 Å². The zero-order valence-corrected chi connectivity index (χ0v) is 14.4. The van der Waals surface area contributed by atoms with Crippen molar-refractivity contribution in [1.29, 1.82) is 0 Å². The molecule has 0 saturated carbocycles. The molecule has 4 aromatic rings. The standard InChI is InChI=1S/C21H17FN2O2/c1-11-7-18-20(19(25)8-11)12(2)16(21(26)24-18)10-15-5-3-13-9-14(22)4-6-17(13)23-15/h3-9,25H,10H2,1-2H3,(H,24,26). The molecule has 0 unspecified atom stereocenters. The first-order valence-electron chi connectivity index (χ1n) is 8.32. The number of nitrogens with one attached hydrogen (secondary N) is 1. The number of aromatic hydroxyl groups is 1. The number of nitrogens with zero attached hydrogens (tertiary/aromatic N) is 1. The predicted molar refractivity (Wildman–Crippen MR) is 100 cm³/mol. The average molecular weight is 348 g/mol. The van der Waals surface area contributed by atoms with Gasteiger partial charge in [0.05, 0.1) is 11.0 Å². The van der Waals surface area contributed by atoms with E-state index in [4.69, 9.17) is 0 Å². The molecule has 2 aromatic carbocycles. The first-order chi connectivity index (χ1) is 12.4. The summed E-state index contributed by atoms with van der Waals surface area (Å²) >= 11 is 0. The molecule has 26 heavy (non-hydrogen) atoms. The van der Waals surface area contributed by atoms with Crippen LogP contribution in [-0.2, 0) is 6.42 Å². The molecule has 5 heteroatoms. The van der Waals surface area contributed by atoms with Gasteiger partial charge in [-0.05, 0) is 61.4 Å². The smallest absolute Gasteiger partial charge is 0.252 e. The zero-order chi connectivity index (χ0) is 18.4. The first kappa shape index (κ1) is 16.3. The second kappa shape index (κ2) is 5.95. The van der Waals surface area contributed by atoms with Crippen LogP contribution in [0.5, 0.6) is 5.75 Å². The van der Waals surface area contributed by atoms with Gasteiger partial charge in [-0.1, -0.05) is 6.07 Å². The van der Waals surface area contributed by atoms with Crippen LogP contribution in [-0.4, -0.2) is 15.1 Å². The summed E-state index contributed by atoms with van der Waals surface area (Å²) in [5.41, 5.74) is 3.99. The number of aryl methyl sites for hydroxylation is 2. The summed E-state index contributed by atoms with van der Waals surface area (Å²) in [6, 6.07) is 11.5. The van der Waals surface area contributed by atoms with Gasteiger partial charge in [0.2, 0.25) is 0 Å². The van der Waals surface area contributed by atoms with E-state index in [2.05, 4.69) is 9.97 Å². The van der Waals surface area contributed by atoms with Crippen molar-refractivity contribution in [3.05, 3.63) is 81.0 Å². The fourth-order valence-electron chi connectivity index (χ4n) is 3.41. The van der Waals surface area contributed by atoms with Crippen molar-refractivity contribution in [3.63, 3.8) is 0 Å². The number of H-pyrrole nitrogens is 1. The first-order valence-corrected chi connectivity index (χ1v) is 8.32. The Morgan fingerprint density at radius 3 is 2.73 bits per heavy atom. The second-order valence-electron chi connectivity index (χ2n) is 6.58. The van der Waals surface area contributed by atoms with Gasteiger partial charge in [-0.3, -0.25) is 9.78 Å². The Hall–Kier alpha value is -3.21. The van der Waals surface area contributed by atoms with Crippen molar-refractivity contribution >= 4 is 21.8 Å². The predicted octanol–water partition coefficient (Wildman–Crippen LogP) is 4.13. The fourth-order valence-corrected chi connectivity index (χ4v) is 3.41. The molecular formula is C21H17FN2O2. The highest BCUT2D eigenvalue weighted by atomic mass is 19.1. The van der Waals surface area contributed by atoms with Crippen molar-refractivity contribution < 1.29 is 9.50 Å². The Kier molecular flexibility index (Phi) is 3.72. The fraction of sp³-hybridized carbons (Fsp3) is 0.143.